The van der Waals surface area contributed by atoms with Gasteiger partial charge in [-0.05, 0) is 12.1 Å². The molecule has 0 aliphatic carbocycles. The second-order valence-corrected chi connectivity index (χ2v) is 4.56. The molecule has 1 saturated heterocycles. The van der Waals surface area contributed by atoms with E-state index in [-0.39, 0.29) is 11.3 Å². The Hall–Kier alpha value is -2.92. The number of nitriles is 1. The lowest BCUT2D eigenvalue weighted by molar-refractivity contribution is -0.384. The van der Waals surface area contributed by atoms with Gasteiger partial charge in [0.2, 0.25) is 0 Å². The number of nitro benzene ring substituents is 1. The summed E-state index contributed by atoms with van der Waals surface area (Å²) in [5, 5.41) is 22.2. The molecular formula is C14H14N4O4. The molecule has 0 bridgehead atoms. The van der Waals surface area contributed by atoms with E-state index in [2.05, 4.69) is 5.32 Å². The molecule has 0 unspecified atom stereocenters. The van der Waals surface area contributed by atoms with Crippen LogP contribution in [0.3, 0.4) is 0 Å². The number of hydrogen-bond acceptors (Lipinski definition) is 6. The summed E-state index contributed by atoms with van der Waals surface area (Å²) in [6.07, 6.45) is 1.50. The Balaban J connectivity index is 2.04. The van der Waals surface area contributed by atoms with Crippen molar-refractivity contribution in [1.29, 1.82) is 5.26 Å². The zero-order chi connectivity index (χ0) is 15.9. The Morgan fingerprint density at radius 2 is 2.00 bits per heavy atom. The van der Waals surface area contributed by atoms with Crippen LogP contribution in [0.4, 0.5) is 11.4 Å². The second kappa shape index (κ2) is 7.19. The van der Waals surface area contributed by atoms with Gasteiger partial charge < -0.3 is 15.0 Å². The number of carbonyl (C=O) groups excluding carboxylic acids is 1. The molecule has 114 valence electrons. The Morgan fingerprint density at radius 3 is 2.55 bits per heavy atom. The van der Waals surface area contributed by atoms with Crippen LogP contribution in [0.1, 0.15) is 0 Å². The summed E-state index contributed by atoms with van der Waals surface area (Å²) in [7, 11) is 0. The molecule has 0 radical (unpaired) electrons. The number of benzene rings is 1. The highest BCUT2D eigenvalue weighted by molar-refractivity contribution is 6.06. The van der Waals surface area contributed by atoms with E-state index in [0.29, 0.717) is 32.0 Å². The number of rotatable bonds is 4. The van der Waals surface area contributed by atoms with Crippen molar-refractivity contribution in [2.45, 2.75) is 0 Å². The molecule has 0 spiro atoms. The maximum absolute atomic E-state index is 12.0. The van der Waals surface area contributed by atoms with Gasteiger partial charge in [0.1, 0.15) is 11.6 Å². The number of hydrogen-bond donors (Lipinski definition) is 1. The monoisotopic (exact) mass is 302 g/mol. The third kappa shape index (κ3) is 4.04. The summed E-state index contributed by atoms with van der Waals surface area (Å²) in [6, 6.07) is 7.26. The third-order valence-corrected chi connectivity index (χ3v) is 3.06. The molecule has 22 heavy (non-hydrogen) atoms. The minimum Gasteiger partial charge on any atom is -0.378 e. The van der Waals surface area contributed by atoms with Gasteiger partial charge in [0, 0.05) is 37.1 Å². The van der Waals surface area contributed by atoms with Gasteiger partial charge in [-0.15, -0.1) is 0 Å². The maximum Gasteiger partial charge on any atom is 0.269 e. The highest BCUT2D eigenvalue weighted by atomic mass is 16.6. The number of non-ortho nitro benzene ring substituents is 1. The molecule has 1 aromatic rings. The highest BCUT2D eigenvalue weighted by Gasteiger charge is 2.14. The van der Waals surface area contributed by atoms with E-state index in [0.717, 1.165) is 0 Å². The predicted octanol–water partition coefficient (Wildman–Crippen LogP) is 1.27. The van der Waals surface area contributed by atoms with Gasteiger partial charge >= 0.3 is 0 Å². The lowest BCUT2D eigenvalue weighted by Gasteiger charge is -2.25. The second-order valence-electron chi connectivity index (χ2n) is 4.56. The van der Waals surface area contributed by atoms with Crippen molar-refractivity contribution in [3.8, 4) is 6.07 Å². The standard InChI is InChI=1S/C14H14N4O4/c15-9-11(10-17-5-7-22-8-6-17)14(19)16-12-1-3-13(4-2-12)18(20)21/h1-4,10H,5-8H2,(H,16,19)/b11-10-. The molecule has 1 heterocycles. The lowest BCUT2D eigenvalue weighted by atomic mass is 10.2. The number of nitrogens with zero attached hydrogens (tertiary/aromatic N) is 3. The molecule has 1 aromatic carbocycles. The van der Waals surface area contributed by atoms with E-state index in [9.17, 15) is 14.9 Å². The van der Waals surface area contributed by atoms with Gasteiger partial charge in [-0.1, -0.05) is 0 Å². The van der Waals surface area contributed by atoms with Crippen molar-refractivity contribution in [3.63, 3.8) is 0 Å². The minimum absolute atomic E-state index is 0.0275. The summed E-state index contributed by atoms with van der Waals surface area (Å²) in [6.45, 7) is 2.35. The highest BCUT2D eigenvalue weighted by Crippen LogP contribution is 2.16. The number of carbonyl (C=O) groups is 1. The maximum atomic E-state index is 12.0. The Morgan fingerprint density at radius 1 is 1.36 bits per heavy atom. The summed E-state index contributed by atoms with van der Waals surface area (Å²) in [5.74, 6) is -0.553. The molecule has 1 amide bonds. The van der Waals surface area contributed by atoms with Gasteiger partial charge in [-0.3, -0.25) is 14.9 Å². The van der Waals surface area contributed by atoms with Crippen LogP contribution in [0, 0.1) is 21.4 Å². The van der Waals surface area contributed by atoms with Crippen LogP contribution < -0.4 is 5.32 Å². The zero-order valence-electron chi connectivity index (χ0n) is 11.7. The number of nitrogens with one attached hydrogen (secondary N) is 1. The topological polar surface area (TPSA) is 108 Å². The summed E-state index contributed by atoms with van der Waals surface area (Å²) < 4.78 is 5.19. The summed E-state index contributed by atoms with van der Waals surface area (Å²) in [5.41, 5.74) is 0.293. The van der Waals surface area contributed by atoms with Crippen molar-refractivity contribution in [3.05, 3.63) is 46.2 Å². The predicted molar refractivity (Wildman–Crippen MR) is 77.8 cm³/mol. The zero-order valence-corrected chi connectivity index (χ0v) is 11.7. The van der Waals surface area contributed by atoms with E-state index in [4.69, 9.17) is 10.00 Å². The first-order valence-electron chi connectivity index (χ1n) is 6.59. The molecule has 1 fully saturated rings. The average molecular weight is 302 g/mol. The Kier molecular flexibility index (Phi) is 5.06. The number of amides is 1. The van der Waals surface area contributed by atoms with Crippen molar-refractivity contribution in [1.82, 2.24) is 4.90 Å². The van der Waals surface area contributed by atoms with Crippen LogP contribution >= 0.6 is 0 Å². The fourth-order valence-electron chi connectivity index (χ4n) is 1.89. The van der Waals surface area contributed by atoms with Crippen LogP contribution in [0.25, 0.3) is 0 Å². The first-order valence-corrected chi connectivity index (χ1v) is 6.59. The van der Waals surface area contributed by atoms with Crippen molar-refractivity contribution < 1.29 is 14.5 Å². The van der Waals surface area contributed by atoms with Gasteiger partial charge in [0.15, 0.2) is 0 Å². The molecule has 0 atom stereocenters. The minimum atomic E-state index is -0.553. The number of nitro groups is 1. The SMILES string of the molecule is N#C/C(=C/N1CCOCC1)C(=O)Nc1ccc([N+](=O)[O-])cc1. The third-order valence-electron chi connectivity index (χ3n) is 3.06. The first-order chi connectivity index (χ1) is 10.6. The molecule has 0 aromatic heterocycles. The van der Waals surface area contributed by atoms with Crippen LogP contribution in [0.2, 0.25) is 0 Å². The first kappa shape index (κ1) is 15.5. The number of anilines is 1. The van der Waals surface area contributed by atoms with E-state index in [1.54, 1.807) is 0 Å². The Bertz CT molecular complexity index is 627. The van der Waals surface area contributed by atoms with E-state index >= 15 is 0 Å². The fraction of sp³-hybridized carbons (Fsp3) is 0.286. The molecular weight excluding hydrogens is 288 g/mol. The van der Waals surface area contributed by atoms with E-state index < -0.39 is 10.8 Å². The van der Waals surface area contributed by atoms with Crippen molar-refractivity contribution in [2.75, 3.05) is 31.6 Å². The molecule has 1 aliphatic heterocycles. The van der Waals surface area contributed by atoms with Crippen molar-refractivity contribution >= 4 is 17.3 Å². The van der Waals surface area contributed by atoms with Crippen LogP contribution in [0.5, 0.6) is 0 Å². The molecule has 2 rings (SSSR count). The van der Waals surface area contributed by atoms with E-state index in [1.165, 1.54) is 30.5 Å². The molecule has 8 nitrogen and oxygen atoms in total. The molecule has 0 saturated carbocycles. The fourth-order valence-corrected chi connectivity index (χ4v) is 1.89. The number of ether oxygens (including phenoxy) is 1. The van der Waals surface area contributed by atoms with Crippen LogP contribution in [-0.2, 0) is 9.53 Å². The smallest absolute Gasteiger partial charge is 0.269 e. The normalized spacial score (nSPS) is 15.0. The molecule has 1 aliphatic rings. The van der Waals surface area contributed by atoms with Gasteiger partial charge in [0.05, 0.1) is 18.1 Å². The summed E-state index contributed by atoms with van der Waals surface area (Å²) in [4.78, 5) is 23.9. The van der Waals surface area contributed by atoms with Crippen LogP contribution in [-0.4, -0.2) is 42.0 Å². The van der Waals surface area contributed by atoms with E-state index in [1.807, 2.05) is 11.0 Å². The number of morpholine rings is 1. The van der Waals surface area contributed by atoms with Crippen LogP contribution in [0.15, 0.2) is 36.0 Å². The van der Waals surface area contributed by atoms with Gasteiger partial charge in [-0.25, -0.2) is 0 Å². The average Bonchev–Trinajstić information content (AvgIpc) is 2.54. The Labute approximate surface area is 126 Å². The van der Waals surface area contributed by atoms with Crippen molar-refractivity contribution in [2.24, 2.45) is 0 Å². The van der Waals surface area contributed by atoms with Gasteiger partial charge in [0.25, 0.3) is 11.6 Å². The van der Waals surface area contributed by atoms with Gasteiger partial charge in [-0.2, -0.15) is 5.26 Å². The summed E-state index contributed by atoms with van der Waals surface area (Å²) >= 11 is 0. The largest absolute Gasteiger partial charge is 0.378 e. The molecule has 1 N–H and O–H groups in total. The quantitative estimate of drug-likeness (QED) is 0.388. The lowest BCUT2D eigenvalue weighted by Crippen LogP contribution is -2.33. The molecule has 8 heteroatoms.